The Hall–Kier alpha value is -2.34. The van der Waals surface area contributed by atoms with Crippen LogP contribution in [-0.2, 0) is 33.8 Å². The fourth-order valence-corrected chi connectivity index (χ4v) is 5.46. The summed E-state index contributed by atoms with van der Waals surface area (Å²) >= 11 is 1.82. The number of halogens is 1. The van der Waals surface area contributed by atoms with E-state index in [-0.39, 0.29) is 18.4 Å². The third-order valence-corrected chi connectivity index (χ3v) is 7.66. The van der Waals surface area contributed by atoms with Crippen LogP contribution in [0.3, 0.4) is 0 Å². The summed E-state index contributed by atoms with van der Waals surface area (Å²) in [5, 5.41) is 3.65. The first-order valence-corrected chi connectivity index (χ1v) is 16.2. The average molecular weight is 649 g/mol. The quantitative estimate of drug-likeness (QED) is 0.0955. The zero-order valence-corrected chi connectivity index (χ0v) is 25.7. The number of benzene rings is 4. The summed E-state index contributed by atoms with van der Waals surface area (Å²) < 4.78 is 31.3. The zero-order chi connectivity index (χ0) is 27.2. The molecule has 0 aliphatic heterocycles. The molecule has 1 N–H and O–H groups in total. The molecule has 0 aliphatic rings. The number of nitrogens with one attached hydrogen (secondary N) is 1. The molecular formula is C32H36ClN2O2RuS+. The van der Waals surface area contributed by atoms with Crippen LogP contribution in [0, 0.1) is 14.4 Å². The molecule has 7 heteroatoms. The van der Waals surface area contributed by atoms with E-state index in [9.17, 15) is 8.42 Å². The van der Waals surface area contributed by atoms with E-state index in [2.05, 4.69) is 44.0 Å². The second kappa shape index (κ2) is 17.4. The number of hydrogen-bond donors (Lipinski definition) is 1. The van der Waals surface area contributed by atoms with Crippen molar-refractivity contribution in [2.24, 2.45) is 0 Å². The molecule has 4 aromatic carbocycles. The second-order valence-electron chi connectivity index (χ2n) is 9.03. The van der Waals surface area contributed by atoms with Gasteiger partial charge in [-0.25, -0.2) is 8.42 Å². The predicted octanol–water partition coefficient (Wildman–Crippen LogP) is 8.29. The monoisotopic (exact) mass is 649 g/mol. The maximum atomic E-state index is 13.4. The van der Waals surface area contributed by atoms with Gasteiger partial charge in [-0.3, -0.25) is 0 Å². The molecule has 0 radical (unpaired) electrons. The molecule has 0 aliphatic carbocycles. The number of aryl methyl sites for hydroxylation is 2. The van der Waals surface area contributed by atoms with Gasteiger partial charge in [-0.2, -0.15) is 0 Å². The fraction of sp³-hybridized carbons (Fsp3) is 0.219. The topological polar surface area (TPSA) is 60.3 Å². The molecule has 4 aromatic rings. The summed E-state index contributed by atoms with van der Waals surface area (Å²) in [5.74, 6) is 0. The summed E-state index contributed by atoms with van der Waals surface area (Å²) in [6, 6.07) is 36.2. The second-order valence-corrected chi connectivity index (χ2v) is 10.7. The van der Waals surface area contributed by atoms with E-state index >= 15 is 0 Å². The first-order valence-electron chi connectivity index (χ1n) is 12.6. The molecule has 39 heavy (non-hydrogen) atoms. The normalized spacial score (nSPS) is 12.4. The Bertz CT molecular complexity index is 1310. The average Bonchev–Trinajstić information content (AvgIpc) is 2.97. The molecule has 0 saturated carbocycles. The molecule has 0 aromatic heterocycles. The molecule has 0 saturated heterocycles. The molecule has 1 unspecified atom stereocenters. The van der Waals surface area contributed by atoms with Crippen LogP contribution in [0.4, 0.5) is 0 Å². The van der Waals surface area contributed by atoms with E-state index < -0.39 is 16.1 Å². The van der Waals surface area contributed by atoms with Crippen LogP contribution in [0.5, 0.6) is 0 Å². The van der Waals surface area contributed by atoms with Crippen molar-refractivity contribution in [2.75, 3.05) is 6.54 Å². The van der Waals surface area contributed by atoms with Gasteiger partial charge in [0.25, 0.3) is 0 Å². The molecule has 4 nitrogen and oxygen atoms in total. The summed E-state index contributed by atoms with van der Waals surface area (Å²) in [6.45, 7) is 2.70. The Balaban J connectivity index is 0.00000174. The summed E-state index contributed by atoms with van der Waals surface area (Å²) in [7, 11) is 0.705. The van der Waals surface area contributed by atoms with Crippen LogP contribution in [0.15, 0.2) is 120 Å². The van der Waals surface area contributed by atoms with Crippen LogP contribution >= 0.6 is 9.69 Å². The van der Waals surface area contributed by atoms with Gasteiger partial charge in [0.05, 0.1) is 0 Å². The van der Waals surface area contributed by atoms with Gasteiger partial charge in [0.1, 0.15) is 10.0 Å². The SMILES string of the molecule is Cc1ccc(S(=O)(=O)[N-][C@@H](c2ccccc2)C(NCCCCc2ccccc2)c2ccccc2)cc1.[CH3-].[Cl][Ru+3]. The van der Waals surface area contributed by atoms with Crippen molar-refractivity contribution >= 4 is 19.7 Å². The number of nitrogens with zero attached hydrogens (tertiary/aromatic N) is 1. The fourth-order valence-electron chi connectivity index (χ4n) is 4.31. The van der Waals surface area contributed by atoms with Crippen molar-refractivity contribution in [3.05, 3.63) is 150 Å². The van der Waals surface area contributed by atoms with Crippen LogP contribution in [0.1, 0.15) is 47.2 Å². The Labute approximate surface area is 249 Å². The zero-order valence-electron chi connectivity index (χ0n) is 22.4. The minimum absolute atomic E-state index is 0. The number of sulfonamides is 1. The van der Waals surface area contributed by atoms with E-state index in [1.54, 1.807) is 24.3 Å². The van der Waals surface area contributed by atoms with E-state index in [4.69, 9.17) is 0 Å². The van der Waals surface area contributed by atoms with Gasteiger partial charge < -0.3 is 17.5 Å². The van der Waals surface area contributed by atoms with Gasteiger partial charge >= 0.3 is 27.0 Å². The summed E-state index contributed by atoms with van der Waals surface area (Å²) in [5.41, 5.74) is 4.21. The third kappa shape index (κ3) is 10.3. The molecule has 0 heterocycles. The minimum atomic E-state index is -3.86. The molecule has 0 fully saturated rings. The van der Waals surface area contributed by atoms with Gasteiger partial charge in [-0.15, -0.1) is 0 Å². The van der Waals surface area contributed by atoms with Crippen molar-refractivity contribution in [1.29, 1.82) is 0 Å². The summed E-state index contributed by atoms with van der Waals surface area (Å²) in [4.78, 5) is 0.212. The van der Waals surface area contributed by atoms with Crippen molar-refractivity contribution in [2.45, 2.75) is 43.2 Å². The Morgan fingerprint density at radius 2 is 1.26 bits per heavy atom. The molecule has 0 bridgehead atoms. The van der Waals surface area contributed by atoms with Crippen LogP contribution < -0.4 is 5.32 Å². The molecule has 2 atom stereocenters. The Morgan fingerprint density at radius 1 is 0.744 bits per heavy atom. The third-order valence-electron chi connectivity index (χ3n) is 6.29. The standard InChI is InChI=1S/C31H33N2O2S.CH3.ClH.Ru/c1-25-20-22-29(23-21-25)36(34,35)33-31(28-18-9-4-10-19-28)30(27-16-7-3-8-17-27)32-24-12-11-15-26-13-5-2-6-14-26;;;/h2-10,13-14,16-23,30-32H,11-12,15,24H2,1H3;1H3;1H;/q2*-1;;+4/p-1/t30?,31-;;;/m0.../s1. The van der Waals surface area contributed by atoms with E-state index in [0.717, 1.165) is 42.5 Å². The van der Waals surface area contributed by atoms with E-state index in [0.29, 0.717) is 0 Å². The van der Waals surface area contributed by atoms with Gasteiger partial charge in [0, 0.05) is 10.9 Å². The molecule has 0 amide bonds. The van der Waals surface area contributed by atoms with Crippen molar-refractivity contribution in [3.8, 4) is 0 Å². The van der Waals surface area contributed by atoms with E-state index in [1.807, 2.05) is 91.0 Å². The van der Waals surface area contributed by atoms with Gasteiger partial charge in [0.15, 0.2) is 0 Å². The van der Waals surface area contributed by atoms with Gasteiger partial charge in [-0.05, 0) is 56.0 Å². The van der Waals surface area contributed by atoms with Crippen molar-refractivity contribution in [1.82, 2.24) is 5.32 Å². The first-order chi connectivity index (χ1) is 18.5. The first kappa shape index (κ1) is 32.9. The van der Waals surface area contributed by atoms with Gasteiger partial charge in [0.2, 0.25) is 0 Å². The number of rotatable bonds is 12. The van der Waals surface area contributed by atoms with Crippen LogP contribution in [0.25, 0.3) is 4.72 Å². The number of hydrogen-bond acceptors (Lipinski definition) is 3. The Kier molecular flexibility index (Phi) is 14.6. The summed E-state index contributed by atoms with van der Waals surface area (Å²) in [6.07, 6.45) is 3.05. The molecule has 4 rings (SSSR count). The Morgan fingerprint density at radius 3 is 1.82 bits per heavy atom. The van der Waals surface area contributed by atoms with Crippen molar-refractivity contribution < 1.29 is 25.7 Å². The molecule has 0 spiro atoms. The predicted molar refractivity (Wildman–Crippen MR) is 160 cm³/mol. The molecular weight excluding hydrogens is 613 g/mol. The maximum absolute atomic E-state index is 13.4. The van der Waals surface area contributed by atoms with Gasteiger partial charge in [-0.1, -0.05) is 120 Å². The van der Waals surface area contributed by atoms with Crippen LogP contribution in [-0.4, -0.2) is 15.0 Å². The number of unbranched alkanes of at least 4 members (excludes halogenated alkanes) is 1. The molecule has 206 valence electrons. The van der Waals surface area contributed by atoms with Crippen LogP contribution in [0.2, 0.25) is 0 Å². The van der Waals surface area contributed by atoms with E-state index in [1.165, 1.54) is 5.56 Å². The van der Waals surface area contributed by atoms with Crippen molar-refractivity contribution in [3.63, 3.8) is 0 Å².